The molecule has 18 heavy (non-hydrogen) atoms. The van der Waals surface area contributed by atoms with Gasteiger partial charge in [0.1, 0.15) is 12.1 Å². The highest BCUT2D eigenvalue weighted by atomic mass is 16.2. The molecule has 0 aliphatic carbocycles. The second-order valence-electron chi connectivity index (χ2n) is 4.44. The Bertz CT molecular complexity index is 494. The number of rotatable bonds is 2. The van der Waals surface area contributed by atoms with Crippen LogP contribution in [0.2, 0.25) is 0 Å². The van der Waals surface area contributed by atoms with Crippen molar-refractivity contribution in [3.63, 3.8) is 0 Å². The van der Waals surface area contributed by atoms with Gasteiger partial charge in [0.2, 0.25) is 5.91 Å². The summed E-state index contributed by atoms with van der Waals surface area (Å²) in [5.41, 5.74) is 7.02. The Balaban J connectivity index is 2.40. The van der Waals surface area contributed by atoms with Gasteiger partial charge in [-0.1, -0.05) is 12.1 Å². The zero-order chi connectivity index (χ0) is 13.1. The predicted octanol–water partition coefficient (Wildman–Crippen LogP) is 0.210. The smallest absolute Gasteiger partial charge is 0.244 e. The van der Waals surface area contributed by atoms with E-state index in [4.69, 9.17) is 11.0 Å². The predicted molar refractivity (Wildman–Crippen MR) is 69.0 cm³/mol. The highest BCUT2D eigenvalue weighted by Gasteiger charge is 2.32. The number of carbonyl (C=O) groups excluding carboxylic acids is 1. The molecule has 2 unspecified atom stereocenters. The van der Waals surface area contributed by atoms with Crippen molar-refractivity contribution in [2.45, 2.75) is 19.0 Å². The largest absolute Gasteiger partial charge is 0.355 e. The SMILES string of the molecule is CC1CN(c2ccccc2C#N)C(CN)C(=O)N1. The van der Waals surface area contributed by atoms with Crippen molar-refractivity contribution in [3.05, 3.63) is 29.8 Å². The van der Waals surface area contributed by atoms with Gasteiger partial charge >= 0.3 is 0 Å². The van der Waals surface area contributed by atoms with Crippen molar-refractivity contribution in [3.8, 4) is 6.07 Å². The number of carbonyl (C=O) groups is 1. The summed E-state index contributed by atoms with van der Waals surface area (Å²) in [6.45, 7) is 2.83. The minimum Gasteiger partial charge on any atom is -0.355 e. The minimum absolute atomic E-state index is 0.0482. The van der Waals surface area contributed by atoms with E-state index in [0.29, 0.717) is 12.1 Å². The summed E-state index contributed by atoms with van der Waals surface area (Å²) < 4.78 is 0. The molecule has 5 heteroatoms. The zero-order valence-corrected chi connectivity index (χ0v) is 10.3. The first-order valence-electron chi connectivity index (χ1n) is 5.93. The standard InChI is InChI=1S/C13H16N4O/c1-9-8-17(12(7-15)13(18)16-9)11-5-3-2-4-10(11)6-14/h2-5,9,12H,7-8,15H2,1H3,(H,16,18). The Kier molecular flexibility index (Phi) is 3.49. The lowest BCUT2D eigenvalue weighted by Crippen LogP contribution is -2.61. The molecule has 1 saturated heterocycles. The maximum atomic E-state index is 11.9. The molecular formula is C13H16N4O. The van der Waals surface area contributed by atoms with Crippen LogP contribution in [0.25, 0.3) is 0 Å². The van der Waals surface area contributed by atoms with Crippen LogP contribution in [0.1, 0.15) is 12.5 Å². The number of para-hydroxylation sites is 1. The third kappa shape index (κ3) is 2.15. The number of nitriles is 1. The molecule has 5 nitrogen and oxygen atoms in total. The molecule has 0 radical (unpaired) electrons. The number of amides is 1. The van der Waals surface area contributed by atoms with E-state index in [1.165, 1.54) is 0 Å². The number of nitrogens with two attached hydrogens (primary N) is 1. The van der Waals surface area contributed by atoms with Gasteiger partial charge in [0.05, 0.1) is 11.3 Å². The van der Waals surface area contributed by atoms with Crippen molar-refractivity contribution in [2.24, 2.45) is 5.73 Å². The van der Waals surface area contributed by atoms with Crippen LogP contribution in [0, 0.1) is 11.3 Å². The van der Waals surface area contributed by atoms with Crippen LogP contribution in [-0.2, 0) is 4.79 Å². The summed E-state index contributed by atoms with van der Waals surface area (Å²) in [5.74, 6) is -0.0796. The van der Waals surface area contributed by atoms with Crippen molar-refractivity contribution in [1.29, 1.82) is 5.26 Å². The number of piperazine rings is 1. The van der Waals surface area contributed by atoms with Gasteiger partial charge in [-0.25, -0.2) is 0 Å². The van der Waals surface area contributed by atoms with Crippen molar-refractivity contribution in [1.82, 2.24) is 5.32 Å². The van der Waals surface area contributed by atoms with Crippen LogP contribution in [0.4, 0.5) is 5.69 Å². The van der Waals surface area contributed by atoms with Crippen LogP contribution in [0.5, 0.6) is 0 Å². The first-order valence-corrected chi connectivity index (χ1v) is 5.93. The zero-order valence-electron chi connectivity index (χ0n) is 10.3. The third-order valence-electron chi connectivity index (χ3n) is 3.10. The molecule has 3 N–H and O–H groups in total. The number of benzene rings is 1. The Labute approximate surface area is 106 Å². The summed E-state index contributed by atoms with van der Waals surface area (Å²) in [6, 6.07) is 9.07. The van der Waals surface area contributed by atoms with E-state index in [1.807, 2.05) is 30.0 Å². The van der Waals surface area contributed by atoms with Crippen LogP contribution in [0.15, 0.2) is 24.3 Å². The Morgan fingerprint density at radius 3 is 2.94 bits per heavy atom. The van der Waals surface area contributed by atoms with Gasteiger partial charge in [-0.3, -0.25) is 4.79 Å². The lowest BCUT2D eigenvalue weighted by Gasteiger charge is -2.39. The molecule has 94 valence electrons. The fourth-order valence-electron chi connectivity index (χ4n) is 2.27. The average molecular weight is 244 g/mol. The highest BCUT2D eigenvalue weighted by molar-refractivity contribution is 5.87. The first kappa shape index (κ1) is 12.4. The van der Waals surface area contributed by atoms with Gasteiger partial charge in [-0.05, 0) is 19.1 Å². The molecule has 1 fully saturated rings. The highest BCUT2D eigenvalue weighted by Crippen LogP contribution is 2.23. The monoisotopic (exact) mass is 244 g/mol. The van der Waals surface area contributed by atoms with E-state index < -0.39 is 6.04 Å². The molecule has 1 aliphatic heterocycles. The molecule has 0 aromatic heterocycles. The molecule has 0 spiro atoms. The van der Waals surface area contributed by atoms with Gasteiger partial charge in [0.15, 0.2) is 0 Å². The number of nitrogens with one attached hydrogen (secondary N) is 1. The summed E-state index contributed by atoms with van der Waals surface area (Å²) in [7, 11) is 0. The van der Waals surface area contributed by atoms with Crippen molar-refractivity contribution in [2.75, 3.05) is 18.0 Å². The minimum atomic E-state index is -0.407. The van der Waals surface area contributed by atoms with E-state index in [9.17, 15) is 4.79 Å². The fraction of sp³-hybridized carbons (Fsp3) is 0.385. The topological polar surface area (TPSA) is 82.2 Å². The molecule has 1 aromatic rings. The Morgan fingerprint density at radius 2 is 2.28 bits per heavy atom. The number of anilines is 1. The third-order valence-corrected chi connectivity index (χ3v) is 3.10. The second kappa shape index (κ2) is 5.07. The molecule has 2 rings (SSSR count). The normalized spacial score (nSPS) is 23.4. The van der Waals surface area contributed by atoms with Crippen LogP contribution < -0.4 is 16.0 Å². The maximum Gasteiger partial charge on any atom is 0.244 e. The molecule has 2 atom stereocenters. The van der Waals surface area contributed by atoms with Gasteiger partial charge in [-0.15, -0.1) is 0 Å². The van der Waals surface area contributed by atoms with E-state index >= 15 is 0 Å². The lowest BCUT2D eigenvalue weighted by atomic mass is 10.1. The van der Waals surface area contributed by atoms with Gasteiger partial charge < -0.3 is 16.0 Å². The van der Waals surface area contributed by atoms with E-state index in [1.54, 1.807) is 6.07 Å². The van der Waals surface area contributed by atoms with Gasteiger partial charge in [-0.2, -0.15) is 5.26 Å². The summed E-state index contributed by atoms with van der Waals surface area (Å²) in [6.07, 6.45) is 0. The summed E-state index contributed by atoms with van der Waals surface area (Å²) >= 11 is 0. The second-order valence-corrected chi connectivity index (χ2v) is 4.44. The van der Waals surface area contributed by atoms with Crippen molar-refractivity contribution >= 4 is 11.6 Å². The van der Waals surface area contributed by atoms with Crippen LogP contribution >= 0.6 is 0 Å². The summed E-state index contributed by atoms with van der Waals surface area (Å²) in [4.78, 5) is 13.8. The maximum absolute atomic E-state index is 11.9. The number of nitrogens with zero attached hydrogens (tertiary/aromatic N) is 2. The Morgan fingerprint density at radius 1 is 1.56 bits per heavy atom. The quantitative estimate of drug-likeness (QED) is 0.779. The molecule has 1 aliphatic rings. The molecule has 0 saturated carbocycles. The fourth-order valence-corrected chi connectivity index (χ4v) is 2.27. The van der Waals surface area contributed by atoms with Crippen molar-refractivity contribution < 1.29 is 4.79 Å². The Hall–Kier alpha value is -2.06. The van der Waals surface area contributed by atoms with Crippen LogP contribution in [0.3, 0.4) is 0 Å². The number of hydrogen-bond acceptors (Lipinski definition) is 4. The molecule has 1 heterocycles. The van der Waals surface area contributed by atoms with E-state index in [0.717, 1.165) is 5.69 Å². The molecule has 0 bridgehead atoms. The van der Waals surface area contributed by atoms with Gasteiger partial charge in [0.25, 0.3) is 0 Å². The first-order chi connectivity index (χ1) is 8.67. The number of hydrogen-bond donors (Lipinski definition) is 2. The van der Waals surface area contributed by atoms with E-state index in [2.05, 4.69) is 11.4 Å². The lowest BCUT2D eigenvalue weighted by molar-refractivity contribution is -0.123. The summed E-state index contributed by atoms with van der Waals surface area (Å²) in [5, 5.41) is 12.0. The molecule has 1 amide bonds. The molecular weight excluding hydrogens is 228 g/mol. The van der Waals surface area contributed by atoms with Crippen LogP contribution in [-0.4, -0.2) is 31.1 Å². The van der Waals surface area contributed by atoms with E-state index in [-0.39, 0.29) is 18.5 Å². The average Bonchev–Trinajstić information content (AvgIpc) is 2.38. The van der Waals surface area contributed by atoms with Gasteiger partial charge in [0, 0.05) is 19.1 Å². The molecule has 1 aromatic carbocycles.